The van der Waals surface area contributed by atoms with E-state index in [0.29, 0.717) is 6.54 Å². The first-order valence-corrected chi connectivity index (χ1v) is 5.87. The van der Waals surface area contributed by atoms with Crippen molar-refractivity contribution < 1.29 is 0 Å². The minimum absolute atomic E-state index is 0.471. The second kappa shape index (κ2) is 5.05. The van der Waals surface area contributed by atoms with Crippen LogP contribution in [0.25, 0.3) is 5.82 Å². The zero-order chi connectivity index (χ0) is 12.3. The van der Waals surface area contributed by atoms with E-state index in [0.717, 1.165) is 29.9 Å². The molecule has 17 heavy (non-hydrogen) atoms. The summed E-state index contributed by atoms with van der Waals surface area (Å²) in [6, 6.07) is 0. The first-order chi connectivity index (χ1) is 8.31. The highest BCUT2D eigenvalue weighted by atomic mass is 15.2. The van der Waals surface area contributed by atoms with Gasteiger partial charge in [0.15, 0.2) is 5.82 Å². The van der Waals surface area contributed by atoms with Gasteiger partial charge < -0.3 is 5.73 Å². The Kier molecular flexibility index (Phi) is 3.49. The van der Waals surface area contributed by atoms with Gasteiger partial charge in [0.2, 0.25) is 0 Å². The van der Waals surface area contributed by atoms with Gasteiger partial charge in [-0.3, -0.25) is 4.57 Å². The molecule has 0 saturated carbocycles. The fourth-order valence-corrected chi connectivity index (χ4v) is 2.05. The van der Waals surface area contributed by atoms with Gasteiger partial charge in [-0.15, -0.1) is 5.10 Å². The number of rotatable bonds is 4. The normalized spacial score (nSPS) is 10.8. The van der Waals surface area contributed by atoms with Gasteiger partial charge in [-0.05, 0) is 18.4 Å². The van der Waals surface area contributed by atoms with Crippen LogP contribution >= 0.6 is 0 Å². The van der Waals surface area contributed by atoms with Gasteiger partial charge in [0, 0.05) is 24.5 Å². The number of aryl methyl sites for hydroxylation is 1. The van der Waals surface area contributed by atoms with Crippen LogP contribution in [0.5, 0.6) is 0 Å². The molecule has 2 rings (SSSR count). The van der Waals surface area contributed by atoms with Crippen molar-refractivity contribution in [2.45, 2.75) is 33.2 Å². The molecule has 2 aromatic rings. The average Bonchev–Trinajstić information content (AvgIpc) is 2.90. The lowest BCUT2D eigenvalue weighted by Crippen LogP contribution is -2.13. The third kappa shape index (κ3) is 2.06. The fourth-order valence-electron chi connectivity index (χ4n) is 2.05. The molecule has 0 bridgehead atoms. The van der Waals surface area contributed by atoms with Crippen molar-refractivity contribution in [2.24, 2.45) is 5.73 Å². The Morgan fingerprint density at radius 2 is 2.00 bits per heavy atom. The van der Waals surface area contributed by atoms with E-state index in [9.17, 15) is 0 Å². The molecule has 0 aliphatic heterocycles. The maximum Gasteiger partial charge on any atom is 0.165 e. The molecule has 0 unspecified atom stereocenters. The second-order valence-corrected chi connectivity index (χ2v) is 3.81. The maximum absolute atomic E-state index is 5.86. The highest BCUT2D eigenvalue weighted by Gasteiger charge is 2.13. The molecule has 0 spiro atoms. The van der Waals surface area contributed by atoms with E-state index in [2.05, 4.69) is 29.0 Å². The molecular formula is C12H17N5. The first-order valence-electron chi connectivity index (χ1n) is 5.87. The Morgan fingerprint density at radius 1 is 1.18 bits per heavy atom. The lowest BCUT2D eigenvalue weighted by Gasteiger charge is -2.14. The maximum atomic E-state index is 5.86. The zero-order valence-electron chi connectivity index (χ0n) is 10.2. The Bertz CT molecular complexity index is 490. The van der Waals surface area contributed by atoms with Crippen molar-refractivity contribution in [1.82, 2.24) is 19.7 Å². The predicted molar refractivity (Wildman–Crippen MR) is 65.8 cm³/mol. The van der Waals surface area contributed by atoms with Gasteiger partial charge in [-0.25, -0.2) is 4.98 Å². The number of hydrogen-bond acceptors (Lipinski definition) is 4. The molecule has 0 aliphatic rings. The number of hydrogen-bond donors (Lipinski definition) is 1. The molecule has 90 valence electrons. The largest absolute Gasteiger partial charge is 0.326 e. The quantitative estimate of drug-likeness (QED) is 0.859. The molecule has 2 heterocycles. The van der Waals surface area contributed by atoms with Crippen LogP contribution in [0.15, 0.2) is 18.7 Å². The third-order valence-corrected chi connectivity index (χ3v) is 2.89. The Labute approximate surface area is 101 Å². The molecule has 2 N–H and O–H groups in total. The molecule has 0 amide bonds. The lowest BCUT2D eigenvalue weighted by atomic mass is 10.0. The van der Waals surface area contributed by atoms with Crippen molar-refractivity contribution in [3.8, 4) is 5.82 Å². The predicted octanol–water partition coefficient (Wildman–Crippen LogP) is 1.25. The van der Waals surface area contributed by atoms with Crippen LogP contribution in [-0.4, -0.2) is 19.7 Å². The van der Waals surface area contributed by atoms with E-state index in [1.165, 1.54) is 5.56 Å². The van der Waals surface area contributed by atoms with Crippen LogP contribution < -0.4 is 5.73 Å². The summed E-state index contributed by atoms with van der Waals surface area (Å²) >= 11 is 0. The summed E-state index contributed by atoms with van der Waals surface area (Å²) in [6.07, 6.45) is 7.10. The summed E-state index contributed by atoms with van der Waals surface area (Å²) in [5.74, 6) is 0.791. The van der Waals surface area contributed by atoms with E-state index in [4.69, 9.17) is 5.73 Å². The lowest BCUT2D eigenvalue weighted by molar-refractivity contribution is 0.800. The second-order valence-electron chi connectivity index (χ2n) is 3.81. The van der Waals surface area contributed by atoms with Crippen molar-refractivity contribution in [1.29, 1.82) is 0 Å². The third-order valence-electron chi connectivity index (χ3n) is 2.89. The van der Waals surface area contributed by atoms with Crippen LogP contribution in [0.2, 0.25) is 0 Å². The molecule has 2 aromatic heterocycles. The van der Waals surface area contributed by atoms with E-state index in [-0.39, 0.29) is 0 Å². The highest BCUT2D eigenvalue weighted by molar-refractivity contribution is 5.41. The van der Waals surface area contributed by atoms with Crippen LogP contribution in [0.3, 0.4) is 0 Å². The molecule has 0 fully saturated rings. The van der Waals surface area contributed by atoms with E-state index in [1.54, 1.807) is 12.5 Å². The SMILES string of the molecule is CCc1nnc(-n2ccnc2)c(CN)c1CC. The van der Waals surface area contributed by atoms with Gasteiger partial charge in [-0.2, -0.15) is 5.10 Å². The Morgan fingerprint density at radius 3 is 2.53 bits per heavy atom. The standard InChI is InChI=1S/C12H17N5/c1-3-9-10(7-13)12(16-15-11(9)4-2)17-6-5-14-8-17/h5-6,8H,3-4,7,13H2,1-2H3. The van der Waals surface area contributed by atoms with E-state index >= 15 is 0 Å². The molecule has 0 radical (unpaired) electrons. The Hall–Kier alpha value is -1.75. The van der Waals surface area contributed by atoms with Crippen LogP contribution in [0.4, 0.5) is 0 Å². The molecule has 5 nitrogen and oxygen atoms in total. The van der Waals surface area contributed by atoms with Crippen LogP contribution in [0, 0.1) is 0 Å². The van der Waals surface area contributed by atoms with Crippen molar-refractivity contribution in [3.05, 3.63) is 35.5 Å². The minimum Gasteiger partial charge on any atom is -0.326 e. The smallest absolute Gasteiger partial charge is 0.165 e. The monoisotopic (exact) mass is 231 g/mol. The summed E-state index contributed by atoms with van der Waals surface area (Å²) in [5, 5.41) is 8.54. The van der Waals surface area contributed by atoms with Crippen molar-refractivity contribution >= 4 is 0 Å². The molecule has 0 saturated heterocycles. The minimum atomic E-state index is 0.471. The summed E-state index contributed by atoms with van der Waals surface area (Å²) in [7, 11) is 0. The number of aromatic nitrogens is 4. The van der Waals surface area contributed by atoms with Crippen LogP contribution in [0.1, 0.15) is 30.7 Å². The molecule has 0 atom stereocenters. The van der Waals surface area contributed by atoms with Crippen molar-refractivity contribution in [2.75, 3.05) is 0 Å². The highest BCUT2D eigenvalue weighted by Crippen LogP contribution is 2.19. The number of nitrogens with two attached hydrogens (primary N) is 1. The average molecular weight is 231 g/mol. The molecule has 5 heteroatoms. The van der Waals surface area contributed by atoms with Crippen molar-refractivity contribution in [3.63, 3.8) is 0 Å². The van der Waals surface area contributed by atoms with Gasteiger partial charge in [0.05, 0.1) is 5.69 Å². The molecule has 0 aromatic carbocycles. The van der Waals surface area contributed by atoms with E-state index < -0.39 is 0 Å². The number of imidazole rings is 1. The zero-order valence-corrected chi connectivity index (χ0v) is 10.2. The topological polar surface area (TPSA) is 69.6 Å². The van der Waals surface area contributed by atoms with Gasteiger partial charge in [0.25, 0.3) is 0 Å². The van der Waals surface area contributed by atoms with Gasteiger partial charge in [0.1, 0.15) is 6.33 Å². The molecular weight excluding hydrogens is 214 g/mol. The molecule has 0 aliphatic carbocycles. The van der Waals surface area contributed by atoms with E-state index in [1.807, 2.05) is 10.8 Å². The van der Waals surface area contributed by atoms with Gasteiger partial charge >= 0.3 is 0 Å². The summed E-state index contributed by atoms with van der Waals surface area (Å²) in [6.45, 7) is 4.67. The van der Waals surface area contributed by atoms with Crippen LogP contribution in [-0.2, 0) is 19.4 Å². The summed E-state index contributed by atoms with van der Waals surface area (Å²) in [5.41, 5.74) is 9.18. The first kappa shape index (κ1) is 11.7. The number of nitrogens with zero attached hydrogens (tertiary/aromatic N) is 4. The van der Waals surface area contributed by atoms with Gasteiger partial charge in [-0.1, -0.05) is 13.8 Å². The fraction of sp³-hybridized carbons (Fsp3) is 0.417. The Balaban J connectivity index is 2.61. The summed E-state index contributed by atoms with van der Waals surface area (Å²) in [4.78, 5) is 4.03. The summed E-state index contributed by atoms with van der Waals surface area (Å²) < 4.78 is 1.85.